The monoisotopic (exact) mass is 242 g/mol. The third-order valence-corrected chi connectivity index (χ3v) is 2.59. The van der Waals surface area contributed by atoms with E-state index in [0.29, 0.717) is 5.69 Å². The Labute approximate surface area is 95.6 Å². The summed E-state index contributed by atoms with van der Waals surface area (Å²) >= 11 is 0.881. The molecule has 1 aromatic heterocycles. The van der Waals surface area contributed by atoms with Gasteiger partial charge in [0.15, 0.2) is 5.13 Å². The molecule has 86 valence electrons. The summed E-state index contributed by atoms with van der Waals surface area (Å²) in [4.78, 5) is 25.8. The number of thiazole rings is 1. The Kier molecular flexibility index (Phi) is 4.01. The van der Waals surface area contributed by atoms with Gasteiger partial charge in [0, 0.05) is 0 Å². The fourth-order valence-corrected chi connectivity index (χ4v) is 1.70. The number of nitrogens with zero attached hydrogens (tertiary/aromatic N) is 1. The third-order valence-electron chi connectivity index (χ3n) is 1.53. The lowest BCUT2D eigenvalue weighted by molar-refractivity contribution is 0.0701. The van der Waals surface area contributed by atoms with Gasteiger partial charge in [-0.25, -0.2) is 14.6 Å². The van der Waals surface area contributed by atoms with E-state index in [1.165, 1.54) is 6.08 Å². The molecule has 0 saturated heterocycles. The maximum Gasteiger partial charge on any atom is 0.413 e. The first-order valence-electron chi connectivity index (χ1n) is 4.30. The minimum absolute atomic E-state index is 0.0853. The number of aryl methyl sites for hydroxylation is 1. The van der Waals surface area contributed by atoms with Crippen molar-refractivity contribution in [2.75, 3.05) is 11.9 Å². The summed E-state index contributed by atoms with van der Waals surface area (Å²) in [6.07, 6.45) is 0.737. The quantitative estimate of drug-likeness (QED) is 0.787. The van der Waals surface area contributed by atoms with Gasteiger partial charge in [-0.15, -0.1) is 0 Å². The zero-order valence-electron chi connectivity index (χ0n) is 8.52. The molecule has 0 aromatic carbocycles. The Bertz CT molecular complexity index is 427. The van der Waals surface area contributed by atoms with Crippen LogP contribution in [-0.4, -0.2) is 28.8 Å². The third kappa shape index (κ3) is 3.06. The van der Waals surface area contributed by atoms with Crippen molar-refractivity contribution in [3.8, 4) is 0 Å². The number of carboxylic acid groups (broad SMARTS) is 1. The number of anilines is 1. The van der Waals surface area contributed by atoms with Crippen LogP contribution in [0.15, 0.2) is 12.7 Å². The number of hydrogen-bond acceptors (Lipinski definition) is 5. The molecule has 2 N–H and O–H groups in total. The first kappa shape index (κ1) is 12.2. The molecule has 0 unspecified atom stereocenters. The van der Waals surface area contributed by atoms with E-state index in [1.807, 2.05) is 0 Å². The number of aromatic nitrogens is 1. The molecule has 0 fully saturated rings. The molecule has 1 amide bonds. The zero-order chi connectivity index (χ0) is 12.1. The number of carbonyl (C=O) groups is 2. The van der Waals surface area contributed by atoms with Gasteiger partial charge in [0.25, 0.3) is 0 Å². The summed E-state index contributed by atoms with van der Waals surface area (Å²) in [6, 6.07) is 0. The molecule has 6 nitrogen and oxygen atoms in total. The maximum atomic E-state index is 11.1. The van der Waals surface area contributed by atoms with E-state index in [-0.39, 0.29) is 16.6 Å². The predicted molar refractivity (Wildman–Crippen MR) is 59.0 cm³/mol. The number of ether oxygens (including phenoxy) is 1. The molecule has 1 aromatic rings. The van der Waals surface area contributed by atoms with Crippen molar-refractivity contribution in [3.63, 3.8) is 0 Å². The number of nitrogens with one attached hydrogen (secondary N) is 1. The summed E-state index contributed by atoms with van der Waals surface area (Å²) in [7, 11) is 0. The molecule has 1 rings (SSSR count). The average Bonchev–Trinajstić information content (AvgIpc) is 2.56. The minimum Gasteiger partial charge on any atom is -0.477 e. The highest BCUT2D eigenvalue weighted by Gasteiger charge is 2.15. The van der Waals surface area contributed by atoms with Gasteiger partial charge >= 0.3 is 12.1 Å². The average molecular weight is 242 g/mol. The molecule has 0 radical (unpaired) electrons. The highest BCUT2D eigenvalue weighted by molar-refractivity contribution is 7.17. The fraction of sp³-hybridized carbons (Fsp3) is 0.222. The van der Waals surface area contributed by atoms with Crippen LogP contribution in [0.3, 0.4) is 0 Å². The first-order valence-corrected chi connectivity index (χ1v) is 5.11. The molecule has 0 aliphatic rings. The zero-order valence-corrected chi connectivity index (χ0v) is 9.34. The number of amides is 1. The van der Waals surface area contributed by atoms with Gasteiger partial charge in [0.1, 0.15) is 11.5 Å². The van der Waals surface area contributed by atoms with Crippen molar-refractivity contribution >= 4 is 28.5 Å². The molecular formula is C9H10N2O4S. The number of hydrogen-bond donors (Lipinski definition) is 2. The summed E-state index contributed by atoms with van der Waals surface area (Å²) in [6.45, 7) is 5.03. The predicted octanol–water partition coefficient (Wildman–Crippen LogP) is 1.88. The molecule has 7 heteroatoms. The van der Waals surface area contributed by atoms with Crippen LogP contribution in [0.1, 0.15) is 15.4 Å². The van der Waals surface area contributed by atoms with Crippen LogP contribution in [0.25, 0.3) is 0 Å². The molecular weight excluding hydrogens is 232 g/mol. The van der Waals surface area contributed by atoms with E-state index in [1.54, 1.807) is 6.92 Å². The molecule has 0 saturated carbocycles. The van der Waals surface area contributed by atoms with Gasteiger partial charge < -0.3 is 9.84 Å². The van der Waals surface area contributed by atoms with Gasteiger partial charge in [-0.1, -0.05) is 24.0 Å². The van der Waals surface area contributed by atoms with Gasteiger partial charge in [0.05, 0.1) is 5.69 Å². The van der Waals surface area contributed by atoms with Gasteiger partial charge in [-0.2, -0.15) is 0 Å². The molecule has 16 heavy (non-hydrogen) atoms. The second-order valence-electron chi connectivity index (χ2n) is 2.75. The van der Waals surface area contributed by atoms with E-state index < -0.39 is 12.1 Å². The van der Waals surface area contributed by atoms with Crippen LogP contribution in [0, 0.1) is 6.92 Å². The van der Waals surface area contributed by atoms with Crippen LogP contribution in [0.5, 0.6) is 0 Å². The van der Waals surface area contributed by atoms with E-state index >= 15 is 0 Å². The smallest absolute Gasteiger partial charge is 0.413 e. The van der Waals surface area contributed by atoms with Crippen molar-refractivity contribution in [2.45, 2.75) is 6.92 Å². The summed E-state index contributed by atoms with van der Waals surface area (Å²) in [5.41, 5.74) is 0.358. The topological polar surface area (TPSA) is 88.5 Å². The van der Waals surface area contributed by atoms with Crippen molar-refractivity contribution < 1.29 is 19.4 Å². The summed E-state index contributed by atoms with van der Waals surface area (Å²) in [5.74, 6) is -1.07. The summed E-state index contributed by atoms with van der Waals surface area (Å²) in [5, 5.41) is 11.3. The van der Waals surface area contributed by atoms with E-state index in [0.717, 1.165) is 11.3 Å². The molecule has 0 atom stereocenters. The lowest BCUT2D eigenvalue weighted by Gasteiger charge is -2.00. The first-order chi connectivity index (χ1) is 7.54. The Morgan fingerprint density at radius 3 is 2.88 bits per heavy atom. The number of carbonyl (C=O) groups excluding carboxylic acids is 1. The van der Waals surface area contributed by atoms with Crippen LogP contribution in [0.2, 0.25) is 0 Å². The van der Waals surface area contributed by atoms with Crippen LogP contribution in [0.4, 0.5) is 9.93 Å². The second-order valence-corrected chi connectivity index (χ2v) is 3.75. The van der Waals surface area contributed by atoms with Crippen molar-refractivity contribution in [3.05, 3.63) is 23.2 Å². The SMILES string of the molecule is C=CCOC(=O)Nc1nc(C)c(C(=O)O)s1. The van der Waals surface area contributed by atoms with Crippen molar-refractivity contribution in [2.24, 2.45) is 0 Å². The summed E-state index contributed by atoms with van der Waals surface area (Å²) < 4.78 is 4.66. The molecule has 0 bridgehead atoms. The lowest BCUT2D eigenvalue weighted by Crippen LogP contribution is -2.13. The molecule has 0 spiro atoms. The Morgan fingerprint density at radius 1 is 1.69 bits per heavy atom. The van der Waals surface area contributed by atoms with Gasteiger partial charge in [-0.05, 0) is 6.92 Å². The second kappa shape index (κ2) is 5.26. The highest BCUT2D eigenvalue weighted by atomic mass is 32.1. The fourth-order valence-electron chi connectivity index (χ4n) is 0.906. The molecule has 0 aliphatic heterocycles. The normalized spacial score (nSPS) is 9.56. The van der Waals surface area contributed by atoms with E-state index in [2.05, 4.69) is 21.6 Å². The molecule has 1 heterocycles. The molecule has 0 aliphatic carbocycles. The minimum atomic E-state index is -1.07. The Balaban J connectivity index is 2.68. The van der Waals surface area contributed by atoms with E-state index in [4.69, 9.17) is 5.11 Å². The van der Waals surface area contributed by atoms with E-state index in [9.17, 15) is 9.59 Å². The number of rotatable bonds is 4. The number of carboxylic acids is 1. The van der Waals surface area contributed by atoms with Gasteiger partial charge in [-0.3, -0.25) is 5.32 Å². The van der Waals surface area contributed by atoms with Crippen LogP contribution in [-0.2, 0) is 4.74 Å². The lowest BCUT2D eigenvalue weighted by atomic mass is 10.4. The van der Waals surface area contributed by atoms with Crippen molar-refractivity contribution in [1.29, 1.82) is 0 Å². The van der Waals surface area contributed by atoms with Crippen LogP contribution >= 0.6 is 11.3 Å². The Morgan fingerprint density at radius 2 is 2.38 bits per heavy atom. The highest BCUT2D eigenvalue weighted by Crippen LogP contribution is 2.22. The largest absolute Gasteiger partial charge is 0.477 e. The Hall–Kier alpha value is -1.89. The van der Waals surface area contributed by atoms with Gasteiger partial charge in [0.2, 0.25) is 0 Å². The van der Waals surface area contributed by atoms with Crippen molar-refractivity contribution in [1.82, 2.24) is 4.98 Å². The van der Waals surface area contributed by atoms with Crippen LogP contribution < -0.4 is 5.32 Å². The maximum absolute atomic E-state index is 11.1. The number of aromatic carboxylic acids is 1. The standard InChI is InChI=1S/C9H10N2O4S/c1-3-4-15-9(14)11-8-10-5(2)6(16-8)7(12)13/h3H,1,4H2,2H3,(H,12,13)(H,10,11,14).